The maximum Gasteiger partial charge on any atom is 0.419 e. The Bertz CT molecular complexity index is 538. The highest BCUT2D eigenvalue weighted by molar-refractivity contribution is 5.41. The van der Waals surface area contributed by atoms with Crippen molar-refractivity contribution in [2.24, 2.45) is 0 Å². The molecule has 0 unspecified atom stereocenters. The maximum absolute atomic E-state index is 12.8. The first-order valence-corrected chi connectivity index (χ1v) is 5.22. The van der Waals surface area contributed by atoms with Crippen LogP contribution >= 0.6 is 0 Å². The van der Waals surface area contributed by atoms with E-state index in [2.05, 4.69) is 4.98 Å². The highest BCUT2D eigenvalue weighted by atomic mass is 19.4. The molecule has 1 aromatic heterocycles. The van der Waals surface area contributed by atoms with E-state index in [-0.39, 0.29) is 11.5 Å². The number of aromatic nitrogens is 1. The predicted octanol–water partition coefficient (Wildman–Crippen LogP) is 4.20. The van der Waals surface area contributed by atoms with Crippen LogP contribution < -0.4 is 4.74 Å². The number of pyridine rings is 1. The minimum Gasteiger partial charge on any atom is -0.455 e. The van der Waals surface area contributed by atoms with Crippen molar-refractivity contribution in [3.63, 3.8) is 0 Å². The van der Waals surface area contributed by atoms with Crippen molar-refractivity contribution in [2.45, 2.75) is 13.1 Å². The lowest BCUT2D eigenvalue weighted by Crippen LogP contribution is -2.07. The molecule has 1 aromatic carbocycles. The van der Waals surface area contributed by atoms with Gasteiger partial charge in [-0.2, -0.15) is 13.2 Å². The van der Waals surface area contributed by atoms with Crippen LogP contribution in [-0.4, -0.2) is 4.98 Å². The molecule has 0 saturated carbocycles. The number of nitrogens with zero attached hydrogens (tertiary/aromatic N) is 1. The number of benzene rings is 1. The monoisotopic (exact) mass is 253 g/mol. The molecule has 0 aliphatic carbocycles. The quantitative estimate of drug-likeness (QED) is 0.800. The lowest BCUT2D eigenvalue weighted by Gasteiger charge is -2.14. The molecule has 0 saturated heterocycles. The lowest BCUT2D eigenvalue weighted by molar-refractivity contribution is -0.138. The van der Waals surface area contributed by atoms with Crippen molar-refractivity contribution in [3.05, 3.63) is 53.9 Å². The van der Waals surface area contributed by atoms with Crippen molar-refractivity contribution in [1.82, 2.24) is 4.98 Å². The van der Waals surface area contributed by atoms with E-state index >= 15 is 0 Å². The fourth-order valence-corrected chi connectivity index (χ4v) is 1.49. The van der Waals surface area contributed by atoms with Crippen molar-refractivity contribution in [3.8, 4) is 11.5 Å². The minimum absolute atomic E-state index is 0.221. The summed E-state index contributed by atoms with van der Waals surface area (Å²) >= 11 is 0. The summed E-state index contributed by atoms with van der Waals surface area (Å²) in [4.78, 5) is 3.78. The van der Waals surface area contributed by atoms with Crippen LogP contribution in [0.5, 0.6) is 11.5 Å². The van der Waals surface area contributed by atoms with Crippen LogP contribution in [-0.2, 0) is 6.18 Å². The molecule has 0 aliphatic heterocycles. The second kappa shape index (κ2) is 4.68. The number of hydrogen-bond donors (Lipinski definition) is 0. The number of alkyl halides is 3. The normalized spacial score (nSPS) is 11.3. The van der Waals surface area contributed by atoms with Crippen LogP contribution in [0.2, 0.25) is 0 Å². The molecular formula is C13H10F3NO. The van der Waals surface area contributed by atoms with E-state index in [9.17, 15) is 13.2 Å². The highest BCUT2D eigenvalue weighted by Gasteiger charge is 2.34. The van der Waals surface area contributed by atoms with E-state index in [0.29, 0.717) is 5.56 Å². The first kappa shape index (κ1) is 12.4. The van der Waals surface area contributed by atoms with Crippen LogP contribution in [0, 0.1) is 6.92 Å². The topological polar surface area (TPSA) is 22.1 Å². The first-order valence-electron chi connectivity index (χ1n) is 5.22. The van der Waals surface area contributed by atoms with E-state index in [0.717, 1.165) is 6.07 Å². The zero-order chi connectivity index (χ0) is 13.2. The lowest BCUT2D eigenvalue weighted by atomic mass is 10.1. The Morgan fingerprint density at radius 1 is 1.17 bits per heavy atom. The summed E-state index contributed by atoms with van der Waals surface area (Å²) < 4.78 is 43.7. The molecule has 0 bridgehead atoms. The summed E-state index contributed by atoms with van der Waals surface area (Å²) in [5.74, 6) is 0.0490. The molecule has 1 heterocycles. The number of aryl methyl sites for hydroxylation is 1. The second-order valence-corrected chi connectivity index (χ2v) is 3.79. The molecule has 2 aromatic rings. The zero-order valence-corrected chi connectivity index (χ0v) is 9.53. The number of hydrogen-bond acceptors (Lipinski definition) is 2. The van der Waals surface area contributed by atoms with Gasteiger partial charge in [-0.3, -0.25) is 4.98 Å². The van der Waals surface area contributed by atoms with Gasteiger partial charge in [-0.15, -0.1) is 0 Å². The van der Waals surface area contributed by atoms with Crippen LogP contribution in [0.3, 0.4) is 0 Å². The van der Waals surface area contributed by atoms with Gasteiger partial charge in [-0.05, 0) is 31.2 Å². The van der Waals surface area contributed by atoms with E-state index < -0.39 is 11.7 Å². The van der Waals surface area contributed by atoms with Crippen molar-refractivity contribution < 1.29 is 17.9 Å². The Morgan fingerprint density at radius 3 is 2.56 bits per heavy atom. The third kappa shape index (κ3) is 2.80. The molecule has 0 fully saturated rings. The third-order valence-corrected chi connectivity index (χ3v) is 2.30. The molecule has 18 heavy (non-hydrogen) atoms. The van der Waals surface area contributed by atoms with Gasteiger partial charge in [0.2, 0.25) is 0 Å². The third-order valence-electron chi connectivity index (χ3n) is 2.30. The SMILES string of the molecule is Cc1ccc(Oc2cccnc2)c(C(F)(F)F)c1. The average Bonchev–Trinajstić information content (AvgIpc) is 2.31. The van der Waals surface area contributed by atoms with E-state index in [4.69, 9.17) is 4.74 Å². The largest absolute Gasteiger partial charge is 0.455 e. The molecule has 5 heteroatoms. The maximum atomic E-state index is 12.8. The van der Waals surface area contributed by atoms with Crippen molar-refractivity contribution in [2.75, 3.05) is 0 Å². The van der Waals surface area contributed by atoms with Gasteiger partial charge in [-0.1, -0.05) is 11.6 Å². The Kier molecular flexibility index (Phi) is 3.23. The van der Waals surface area contributed by atoms with Crippen molar-refractivity contribution >= 4 is 0 Å². The van der Waals surface area contributed by atoms with Gasteiger partial charge in [0.1, 0.15) is 11.5 Å². The molecule has 0 atom stereocenters. The summed E-state index contributed by atoms with van der Waals surface area (Å²) in [5.41, 5.74) is -0.257. The molecule has 0 N–H and O–H groups in total. The Balaban J connectivity index is 2.39. The van der Waals surface area contributed by atoms with Gasteiger partial charge >= 0.3 is 6.18 Å². The fraction of sp³-hybridized carbons (Fsp3) is 0.154. The van der Waals surface area contributed by atoms with Crippen LogP contribution in [0.25, 0.3) is 0 Å². The molecule has 0 radical (unpaired) electrons. The summed E-state index contributed by atoms with van der Waals surface area (Å²) in [7, 11) is 0. The molecule has 0 aliphatic rings. The predicted molar refractivity (Wildman–Crippen MR) is 60.5 cm³/mol. The second-order valence-electron chi connectivity index (χ2n) is 3.79. The molecule has 0 amide bonds. The van der Waals surface area contributed by atoms with E-state index in [1.165, 1.54) is 18.5 Å². The molecule has 0 spiro atoms. The number of rotatable bonds is 2. The minimum atomic E-state index is -4.44. The smallest absolute Gasteiger partial charge is 0.419 e. The van der Waals surface area contributed by atoms with Gasteiger partial charge in [0, 0.05) is 6.20 Å². The summed E-state index contributed by atoms with van der Waals surface area (Å²) in [6.07, 6.45) is -1.56. The van der Waals surface area contributed by atoms with Crippen LogP contribution in [0.15, 0.2) is 42.7 Å². The fourth-order valence-electron chi connectivity index (χ4n) is 1.49. The standard InChI is InChI=1S/C13H10F3NO/c1-9-4-5-12(11(7-9)13(14,15)16)18-10-3-2-6-17-8-10/h2-8H,1H3. The Morgan fingerprint density at radius 2 is 1.94 bits per heavy atom. The van der Waals surface area contributed by atoms with E-state index in [1.807, 2.05) is 0 Å². The molecule has 2 nitrogen and oxygen atoms in total. The summed E-state index contributed by atoms with van der Waals surface area (Å²) in [6.45, 7) is 1.60. The Hall–Kier alpha value is -2.04. The van der Waals surface area contributed by atoms with Gasteiger partial charge < -0.3 is 4.74 Å². The van der Waals surface area contributed by atoms with Gasteiger partial charge in [0.05, 0.1) is 11.8 Å². The van der Waals surface area contributed by atoms with Crippen LogP contribution in [0.1, 0.15) is 11.1 Å². The molecule has 94 valence electrons. The van der Waals surface area contributed by atoms with Gasteiger partial charge in [0.15, 0.2) is 0 Å². The average molecular weight is 253 g/mol. The summed E-state index contributed by atoms with van der Waals surface area (Å²) in [5, 5.41) is 0. The zero-order valence-electron chi connectivity index (χ0n) is 9.53. The highest BCUT2D eigenvalue weighted by Crippen LogP contribution is 2.38. The van der Waals surface area contributed by atoms with Gasteiger partial charge in [-0.25, -0.2) is 0 Å². The number of halogens is 3. The first-order chi connectivity index (χ1) is 8.47. The molecule has 2 rings (SSSR count). The van der Waals surface area contributed by atoms with Crippen LogP contribution in [0.4, 0.5) is 13.2 Å². The van der Waals surface area contributed by atoms with E-state index in [1.54, 1.807) is 25.1 Å². The van der Waals surface area contributed by atoms with Gasteiger partial charge in [0.25, 0.3) is 0 Å². The number of ether oxygens (including phenoxy) is 1. The molecular weight excluding hydrogens is 243 g/mol. The van der Waals surface area contributed by atoms with Crippen molar-refractivity contribution in [1.29, 1.82) is 0 Å². The Labute approximate surface area is 102 Å². The summed E-state index contributed by atoms with van der Waals surface area (Å²) in [6, 6.07) is 7.08.